The molecule has 1 amide bonds. The standard InChI is InChI=1S/C18H27NO3S/c1-14-8-6-9-16(15(14)2)17-10-4-5-12-19(17)18(20)11-7-13-23(3,21)22/h6,8-9,17H,4-5,7,10-13H2,1-3H3/t17-/m1/s1. The molecule has 1 aromatic rings. The van der Waals surface area contributed by atoms with Crippen LogP contribution in [0.15, 0.2) is 18.2 Å². The number of carbonyl (C=O) groups excluding carboxylic acids is 1. The zero-order chi connectivity index (χ0) is 17.0. The molecule has 0 N–H and O–H groups in total. The molecule has 5 heteroatoms. The van der Waals surface area contributed by atoms with Gasteiger partial charge in [-0.1, -0.05) is 18.2 Å². The minimum atomic E-state index is -3.00. The third-order valence-corrected chi connectivity index (χ3v) is 5.76. The Hall–Kier alpha value is -1.36. The van der Waals surface area contributed by atoms with Crippen LogP contribution < -0.4 is 0 Å². The Balaban J connectivity index is 2.12. The van der Waals surface area contributed by atoms with Crippen molar-refractivity contribution in [2.24, 2.45) is 0 Å². The van der Waals surface area contributed by atoms with Crippen molar-refractivity contribution in [1.29, 1.82) is 0 Å². The number of amides is 1. The van der Waals surface area contributed by atoms with E-state index < -0.39 is 9.84 Å². The van der Waals surface area contributed by atoms with E-state index in [1.54, 1.807) is 0 Å². The lowest BCUT2D eigenvalue weighted by Gasteiger charge is -2.37. The third kappa shape index (κ3) is 4.80. The molecule has 128 valence electrons. The average molecular weight is 337 g/mol. The van der Waals surface area contributed by atoms with Crippen LogP contribution in [0.2, 0.25) is 0 Å². The maximum absolute atomic E-state index is 12.6. The Morgan fingerprint density at radius 2 is 2.00 bits per heavy atom. The lowest BCUT2D eigenvalue weighted by Crippen LogP contribution is -2.38. The van der Waals surface area contributed by atoms with Crippen molar-refractivity contribution in [3.05, 3.63) is 34.9 Å². The van der Waals surface area contributed by atoms with Gasteiger partial charge in [-0.05, 0) is 56.2 Å². The van der Waals surface area contributed by atoms with Gasteiger partial charge in [0.05, 0.1) is 11.8 Å². The van der Waals surface area contributed by atoms with Crippen LogP contribution in [-0.4, -0.2) is 37.8 Å². The number of rotatable bonds is 5. The number of benzene rings is 1. The normalized spacial score (nSPS) is 18.9. The van der Waals surface area contributed by atoms with Gasteiger partial charge in [0, 0.05) is 19.2 Å². The second-order valence-electron chi connectivity index (χ2n) is 6.62. The summed E-state index contributed by atoms with van der Waals surface area (Å²) in [5, 5.41) is 0. The second kappa shape index (κ2) is 7.47. The molecule has 1 aromatic carbocycles. The van der Waals surface area contributed by atoms with Gasteiger partial charge < -0.3 is 4.90 Å². The number of sulfone groups is 1. The highest BCUT2D eigenvalue weighted by atomic mass is 32.2. The minimum absolute atomic E-state index is 0.0826. The first kappa shape index (κ1) is 18.0. The molecule has 2 rings (SSSR count). The van der Waals surface area contributed by atoms with Crippen LogP contribution in [0.4, 0.5) is 0 Å². The molecular formula is C18H27NO3S. The SMILES string of the molecule is Cc1cccc([C@H]2CCCCN2C(=O)CCCS(C)(=O)=O)c1C. The Bertz CT molecular complexity index is 667. The summed E-state index contributed by atoms with van der Waals surface area (Å²) in [5.41, 5.74) is 3.74. The fourth-order valence-electron chi connectivity index (χ4n) is 3.32. The summed E-state index contributed by atoms with van der Waals surface area (Å²) in [6.07, 6.45) is 5.09. The van der Waals surface area contributed by atoms with E-state index in [9.17, 15) is 13.2 Å². The topological polar surface area (TPSA) is 54.5 Å². The Morgan fingerprint density at radius 3 is 2.70 bits per heavy atom. The summed E-state index contributed by atoms with van der Waals surface area (Å²) in [6.45, 7) is 4.99. The van der Waals surface area contributed by atoms with E-state index in [2.05, 4.69) is 32.0 Å². The molecule has 1 atom stereocenters. The van der Waals surface area contributed by atoms with Crippen molar-refractivity contribution < 1.29 is 13.2 Å². The van der Waals surface area contributed by atoms with Crippen LogP contribution in [0.5, 0.6) is 0 Å². The molecule has 4 nitrogen and oxygen atoms in total. The van der Waals surface area contributed by atoms with Gasteiger partial charge in [0.2, 0.25) is 5.91 Å². The van der Waals surface area contributed by atoms with Crippen LogP contribution in [-0.2, 0) is 14.6 Å². The molecule has 23 heavy (non-hydrogen) atoms. The maximum atomic E-state index is 12.6. The van der Waals surface area contributed by atoms with Gasteiger partial charge in [-0.25, -0.2) is 8.42 Å². The predicted molar refractivity (Wildman–Crippen MR) is 93.2 cm³/mol. The molecule has 1 saturated heterocycles. The smallest absolute Gasteiger partial charge is 0.223 e. The van der Waals surface area contributed by atoms with Gasteiger partial charge in [-0.3, -0.25) is 4.79 Å². The first-order valence-corrected chi connectivity index (χ1v) is 10.4. The monoisotopic (exact) mass is 337 g/mol. The summed E-state index contributed by atoms with van der Waals surface area (Å²) < 4.78 is 22.5. The molecule has 1 fully saturated rings. The third-order valence-electron chi connectivity index (χ3n) is 4.73. The van der Waals surface area contributed by atoms with Crippen molar-refractivity contribution in [2.75, 3.05) is 18.6 Å². The largest absolute Gasteiger partial charge is 0.336 e. The van der Waals surface area contributed by atoms with E-state index in [-0.39, 0.29) is 17.7 Å². The highest BCUT2D eigenvalue weighted by Crippen LogP contribution is 2.34. The Labute approximate surface area is 139 Å². The lowest BCUT2D eigenvalue weighted by molar-refractivity contribution is -0.135. The second-order valence-corrected chi connectivity index (χ2v) is 8.88. The zero-order valence-corrected chi connectivity index (χ0v) is 15.2. The first-order valence-electron chi connectivity index (χ1n) is 8.33. The van der Waals surface area contributed by atoms with Crippen LogP contribution in [0, 0.1) is 13.8 Å². The lowest BCUT2D eigenvalue weighted by atomic mass is 9.90. The Kier molecular flexibility index (Phi) is 5.84. The number of piperidine rings is 1. The molecule has 0 bridgehead atoms. The molecule has 0 unspecified atom stereocenters. The number of carbonyl (C=O) groups is 1. The predicted octanol–water partition coefficient (Wildman–Crippen LogP) is 3.18. The van der Waals surface area contributed by atoms with Gasteiger partial charge in [-0.2, -0.15) is 0 Å². The van der Waals surface area contributed by atoms with Crippen LogP contribution in [0.3, 0.4) is 0 Å². The van der Waals surface area contributed by atoms with E-state index in [0.29, 0.717) is 12.8 Å². The van der Waals surface area contributed by atoms with Gasteiger partial charge >= 0.3 is 0 Å². The molecule has 0 aromatic heterocycles. The van der Waals surface area contributed by atoms with E-state index in [1.807, 2.05) is 4.90 Å². The van der Waals surface area contributed by atoms with Crippen molar-refractivity contribution in [2.45, 2.75) is 52.0 Å². The molecule has 0 aliphatic carbocycles. The van der Waals surface area contributed by atoms with Crippen LogP contribution in [0.25, 0.3) is 0 Å². The molecule has 0 saturated carbocycles. The van der Waals surface area contributed by atoms with Crippen molar-refractivity contribution >= 4 is 15.7 Å². The average Bonchev–Trinajstić information content (AvgIpc) is 2.49. The zero-order valence-electron chi connectivity index (χ0n) is 14.3. The number of nitrogens with zero attached hydrogens (tertiary/aromatic N) is 1. The molecule has 1 aliphatic heterocycles. The molecule has 0 radical (unpaired) electrons. The number of hydrogen-bond acceptors (Lipinski definition) is 3. The summed E-state index contributed by atoms with van der Waals surface area (Å²) in [5.74, 6) is 0.167. The number of hydrogen-bond donors (Lipinski definition) is 0. The van der Waals surface area contributed by atoms with E-state index in [4.69, 9.17) is 0 Å². The van der Waals surface area contributed by atoms with Gasteiger partial charge in [0.15, 0.2) is 0 Å². The molecular weight excluding hydrogens is 310 g/mol. The summed E-state index contributed by atoms with van der Waals surface area (Å²) in [7, 11) is -3.00. The minimum Gasteiger partial charge on any atom is -0.336 e. The van der Waals surface area contributed by atoms with E-state index in [1.165, 1.54) is 22.9 Å². The number of likely N-dealkylation sites (tertiary alicyclic amines) is 1. The number of aryl methyl sites for hydroxylation is 1. The summed E-state index contributed by atoms with van der Waals surface area (Å²) in [4.78, 5) is 14.6. The molecule has 0 spiro atoms. The fraction of sp³-hybridized carbons (Fsp3) is 0.611. The first-order chi connectivity index (χ1) is 10.8. The highest BCUT2D eigenvalue weighted by molar-refractivity contribution is 7.90. The van der Waals surface area contributed by atoms with Crippen molar-refractivity contribution in [3.8, 4) is 0 Å². The van der Waals surface area contributed by atoms with Crippen molar-refractivity contribution in [3.63, 3.8) is 0 Å². The summed E-state index contributed by atoms with van der Waals surface area (Å²) in [6, 6.07) is 6.41. The fourth-order valence-corrected chi connectivity index (χ4v) is 3.99. The van der Waals surface area contributed by atoms with Crippen molar-refractivity contribution in [1.82, 2.24) is 4.90 Å². The van der Waals surface area contributed by atoms with Crippen LogP contribution >= 0.6 is 0 Å². The van der Waals surface area contributed by atoms with Gasteiger partial charge in [0.1, 0.15) is 9.84 Å². The van der Waals surface area contributed by atoms with Gasteiger partial charge in [-0.15, -0.1) is 0 Å². The van der Waals surface area contributed by atoms with E-state index in [0.717, 1.165) is 25.8 Å². The quantitative estimate of drug-likeness (QED) is 0.829. The Morgan fingerprint density at radius 1 is 1.26 bits per heavy atom. The highest BCUT2D eigenvalue weighted by Gasteiger charge is 2.28. The maximum Gasteiger partial charge on any atom is 0.223 e. The molecule has 1 aliphatic rings. The molecule has 1 heterocycles. The van der Waals surface area contributed by atoms with E-state index >= 15 is 0 Å². The summed E-state index contributed by atoms with van der Waals surface area (Å²) >= 11 is 0. The van der Waals surface area contributed by atoms with Crippen LogP contribution in [0.1, 0.15) is 54.8 Å². The van der Waals surface area contributed by atoms with Gasteiger partial charge in [0.25, 0.3) is 0 Å².